The van der Waals surface area contributed by atoms with Crippen molar-refractivity contribution >= 4 is 57.2 Å². The lowest BCUT2D eigenvalue weighted by atomic mass is 9.87. The predicted molar refractivity (Wildman–Crippen MR) is 157 cm³/mol. The molecule has 0 unspecified atom stereocenters. The van der Waals surface area contributed by atoms with E-state index in [0.29, 0.717) is 0 Å². The van der Waals surface area contributed by atoms with E-state index in [1.54, 1.807) is 0 Å². The zero-order chi connectivity index (χ0) is 26.2. The van der Waals surface area contributed by atoms with E-state index in [2.05, 4.69) is 111 Å². The Balaban J connectivity index is 1.39. The summed E-state index contributed by atoms with van der Waals surface area (Å²) in [6.07, 6.45) is 0. The van der Waals surface area contributed by atoms with E-state index in [-0.39, 0.29) is 5.92 Å². The number of benzene rings is 4. The first-order chi connectivity index (χ1) is 20.4. The second kappa shape index (κ2) is 5.95. The second-order valence-electron chi connectivity index (χ2n) is 11.5. The largest absolute Gasteiger partial charge is 0.324 e. The van der Waals surface area contributed by atoms with Gasteiger partial charge in [0.25, 0.3) is 23.3 Å². The molecule has 0 amide bonds. The van der Waals surface area contributed by atoms with Crippen molar-refractivity contribution < 1.29 is 9.15 Å². The molecule has 0 saturated heterocycles. The first-order valence-electron chi connectivity index (χ1n) is 14.0. The van der Waals surface area contributed by atoms with E-state index in [1.165, 1.54) is 0 Å². The zero-order valence-electron chi connectivity index (χ0n) is 21.4. The molecular formula is C34H17N7+2. The molecule has 0 bridgehead atoms. The number of nitrogens with zero attached hydrogens (tertiary/aromatic N) is 7. The minimum atomic E-state index is -0.756. The van der Waals surface area contributed by atoms with Crippen LogP contribution in [0, 0.1) is 5.92 Å². The molecule has 1 aliphatic carbocycles. The molecule has 12 rings (SSSR count). The number of rotatable bonds is 0. The van der Waals surface area contributed by atoms with Crippen molar-refractivity contribution in [2.45, 2.75) is 5.79 Å². The van der Waals surface area contributed by atoms with Gasteiger partial charge in [0.2, 0.25) is 11.6 Å². The Bertz CT molecular complexity index is 2260. The summed E-state index contributed by atoms with van der Waals surface area (Å²) in [5.74, 6) is 4.73. The van der Waals surface area contributed by atoms with Gasteiger partial charge in [-0.3, -0.25) is 0 Å². The molecule has 7 aliphatic rings. The summed E-state index contributed by atoms with van der Waals surface area (Å²) in [4.78, 5) is 21.9. The van der Waals surface area contributed by atoms with Crippen LogP contribution in [-0.2, 0) is 5.79 Å². The lowest BCUT2D eigenvalue weighted by Crippen LogP contribution is -2.69. The van der Waals surface area contributed by atoms with Gasteiger partial charge < -0.3 is 0 Å². The lowest BCUT2D eigenvalue weighted by Gasteiger charge is -2.44. The van der Waals surface area contributed by atoms with Crippen LogP contribution in [0.4, 0.5) is 11.6 Å². The van der Waals surface area contributed by atoms with E-state index >= 15 is 0 Å². The average molecular weight is 524 g/mol. The predicted octanol–water partition coefficient (Wildman–Crippen LogP) is 4.92. The second-order valence-corrected chi connectivity index (χ2v) is 11.5. The third kappa shape index (κ3) is 1.79. The summed E-state index contributed by atoms with van der Waals surface area (Å²) >= 11 is 0. The minimum absolute atomic E-state index is 0.147. The van der Waals surface area contributed by atoms with Crippen molar-refractivity contribution in [1.82, 2.24) is 4.57 Å². The van der Waals surface area contributed by atoms with Gasteiger partial charge in [-0.1, -0.05) is 70.6 Å². The monoisotopic (exact) mass is 523 g/mol. The van der Waals surface area contributed by atoms with Crippen molar-refractivity contribution in [2.75, 3.05) is 0 Å². The highest BCUT2D eigenvalue weighted by Gasteiger charge is 2.75. The maximum Gasteiger partial charge on any atom is 0.324 e. The van der Waals surface area contributed by atoms with Crippen LogP contribution in [0.3, 0.4) is 0 Å². The summed E-state index contributed by atoms with van der Waals surface area (Å²) in [6.45, 7) is 0. The highest BCUT2D eigenvalue weighted by atomic mass is 15.6. The molecule has 5 aromatic rings. The maximum atomic E-state index is 5.49. The first kappa shape index (κ1) is 19.5. The molecule has 0 fully saturated rings. The summed E-state index contributed by atoms with van der Waals surface area (Å²) in [6, 6.07) is 34.3. The molecule has 7 heteroatoms. The van der Waals surface area contributed by atoms with Crippen LogP contribution < -0.4 is 0 Å². The topological polar surface area (TPSA) is 60.4 Å². The van der Waals surface area contributed by atoms with Crippen LogP contribution in [0.1, 0.15) is 33.4 Å². The van der Waals surface area contributed by atoms with E-state index in [0.717, 1.165) is 90.6 Å². The number of aliphatic imine (C=N–C) groups is 4. The Morgan fingerprint density at radius 1 is 0.488 bits per heavy atom. The summed E-state index contributed by atoms with van der Waals surface area (Å²) in [5, 5.41) is 2.22. The smallest absolute Gasteiger partial charge is 0.211 e. The normalized spacial score (nSPS) is 23.9. The minimum Gasteiger partial charge on any atom is -0.211 e. The van der Waals surface area contributed by atoms with Crippen LogP contribution in [-0.4, -0.2) is 48.5 Å². The Kier molecular flexibility index (Phi) is 2.83. The van der Waals surface area contributed by atoms with Crippen LogP contribution in [0.15, 0.2) is 117 Å². The fourth-order valence-electron chi connectivity index (χ4n) is 8.34. The number of hydrogen-bond donors (Lipinski definition) is 0. The number of aromatic nitrogens is 1. The van der Waals surface area contributed by atoms with Gasteiger partial charge in [0.15, 0.2) is 5.92 Å². The zero-order valence-corrected chi connectivity index (χ0v) is 21.4. The van der Waals surface area contributed by atoms with E-state index in [1.807, 2.05) is 0 Å². The van der Waals surface area contributed by atoms with E-state index < -0.39 is 5.79 Å². The highest BCUT2D eigenvalue weighted by molar-refractivity contribution is 6.37. The Hall–Kier alpha value is -5.56. The van der Waals surface area contributed by atoms with Crippen molar-refractivity contribution in [1.29, 1.82) is 0 Å². The molecule has 4 aromatic carbocycles. The van der Waals surface area contributed by atoms with Crippen molar-refractivity contribution in [3.05, 3.63) is 130 Å². The molecular weight excluding hydrogens is 506 g/mol. The van der Waals surface area contributed by atoms with Crippen LogP contribution >= 0.6 is 0 Å². The molecule has 7 nitrogen and oxygen atoms in total. The molecule has 0 saturated carbocycles. The first-order valence-corrected chi connectivity index (χ1v) is 14.0. The molecule has 6 aliphatic heterocycles. The molecule has 7 heterocycles. The van der Waals surface area contributed by atoms with Gasteiger partial charge in [-0.05, 0) is 36.4 Å². The molecule has 0 atom stereocenters. The molecule has 0 radical (unpaired) electrons. The van der Waals surface area contributed by atoms with Gasteiger partial charge in [-0.2, -0.15) is 9.15 Å². The molecule has 1 spiro atoms. The van der Waals surface area contributed by atoms with Gasteiger partial charge in [-0.25, -0.2) is 4.57 Å². The van der Waals surface area contributed by atoms with Gasteiger partial charge >= 0.3 is 5.79 Å². The van der Waals surface area contributed by atoms with Crippen LogP contribution in [0.2, 0.25) is 0 Å². The van der Waals surface area contributed by atoms with Crippen LogP contribution in [0.5, 0.6) is 0 Å². The third-order valence-corrected chi connectivity index (χ3v) is 9.77. The Labute approximate surface area is 232 Å². The molecule has 41 heavy (non-hydrogen) atoms. The highest BCUT2D eigenvalue weighted by Crippen LogP contribution is 2.58. The molecule has 186 valence electrons. The maximum absolute atomic E-state index is 5.49. The van der Waals surface area contributed by atoms with Gasteiger partial charge in [0.05, 0.1) is 22.3 Å². The van der Waals surface area contributed by atoms with E-state index in [4.69, 9.17) is 20.0 Å². The van der Waals surface area contributed by atoms with Crippen molar-refractivity contribution in [3.63, 3.8) is 0 Å². The number of amidine groups is 4. The Morgan fingerprint density at radius 3 is 1.39 bits per heavy atom. The fraction of sp³-hybridized carbons (Fsp3) is 0.0588. The summed E-state index contributed by atoms with van der Waals surface area (Å²) in [7, 11) is 0. The van der Waals surface area contributed by atoms with Gasteiger partial charge in [0, 0.05) is 21.9 Å². The molecule has 0 N–H and O–H groups in total. The summed E-state index contributed by atoms with van der Waals surface area (Å²) in [5.41, 5.74) is 8.88. The van der Waals surface area contributed by atoms with Gasteiger partial charge in [0.1, 0.15) is 11.4 Å². The molecule has 1 aromatic heterocycles. The SMILES string of the molecule is c1ccc2c(c1)C1=NC3=[N+]4C(=Nc5c6ccccc6c6n5C45C1C2=NC1=[N+]5C(=N6)c2ccccc21)c1ccccc13. The van der Waals surface area contributed by atoms with E-state index in [9.17, 15) is 0 Å². The lowest BCUT2D eigenvalue weighted by molar-refractivity contribution is -0.783. The van der Waals surface area contributed by atoms with Crippen molar-refractivity contribution in [3.8, 4) is 0 Å². The van der Waals surface area contributed by atoms with Crippen molar-refractivity contribution in [2.24, 2.45) is 25.9 Å². The summed E-state index contributed by atoms with van der Waals surface area (Å²) < 4.78 is 7.22. The third-order valence-electron chi connectivity index (χ3n) is 9.77. The average Bonchev–Trinajstić information content (AvgIpc) is 3.74. The Morgan fingerprint density at radius 2 is 0.902 bits per heavy atom. The quantitative estimate of drug-likeness (QED) is 0.259. The number of hydrogen-bond acceptors (Lipinski definition) is 4. The van der Waals surface area contributed by atoms with Gasteiger partial charge in [-0.15, -0.1) is 9.98 Å². The number of fused-ring (bicyclic) bond motifs is 12. The van der Waals surface area contributed by atoms with Crippen LogP contribution in [0.25, 0.3) is 10.8 Å². The standard InChI is InChI=1S/C34H17N7/c1-2-10-18-17(9-1)26-25-27(18)36-29-20-12-4-6-14-22(20)31-38-33-24-16-8-7-15-23(24)32-37-30-21-13-5-3-11-19(21)28(35-26)39(30)34(25,40(29)31)41(32)33/h1-16,25H/q+2. The fourth-order valence-corrected chi connectivity index (χ4v) is 8.34.